The third kappa shape index (κ3) is 6.59. The van der Waals surface area contributed by atoms with E-state index in [0.29, 0.717) is 11.3 Å². The summed E-state index contributed by atoms with van der Waals surface area (Å²) in [5, 5.41) is 7.26. The Kier molecular flexibility index (Phi) is 8.09. The van der Waals surface area contributed by atoms with Gasteiger partial charge in [0.2, 0.25) is 0 Å². The van der Waals surface area contributed by atoms with Gasteiger partial charge in [-0.3, -0.25) is 9.20 Å². The van der Waals surface area contributed by atoms with Gasteiger partial charge in [0.25, 0.3) is 0 Å². The van der Waals surface area contributed by atoms with E-state index in [0.717, 1.165) is 43.9 Å². The quantitative estimate of drug-likeness (QED) is 0.579. The van der Waals surface area contributed by atoms with Gasteiger partial charge in [-0.15, -0.1) is 0 Å². The SMILES string of the molecule is CCS(=O)C1CCCC(NC(=NC)NCC(C)(C)SC)C1. The van der Waals surface area contributed by atoms with Crippen molar-refractivity contribution in [1.82, 2.24) is 10.6 Å². The van der Waals surface area contributed by atoms with Gasteiger partial charge in [-0.05, 0) is 39.4 Å². The summed E-state index contributed by atoms with van der Waals surface area (Å²) >= 11 is 1.85. The first kappa shape index (κ1) is 18.8. The Labute approximate surface area is 136 Å². The van der Waals surface area contributed by atoms with Crippen molar-refractivity contribution in [2.75, 3.05) is 25.6 Å². The number of hydrogen-bond acceptors (Lipinski definition) is 3. The Bertz CT molecular complexity index is 372. The van der Waals surface area contributed by atoms with Crippen molar-refractivity contribution in [3.05, 3.63) is 0 Å². The van der Waals surface area contributed by atoms with Gasteiger partial charge < -0.3 is 10.6 Å². The van der Waals surface area contributed by atoms with Crippen LogP contribution in [0.3, 0.4) is 0 Å². The number of nitrogens with one attached hydrogen (secondary N) is 2. The fourth-order valence-corrected chi connectivity index (χ4v) is 4.07. The van der Waals surface area contributed by atoms with Gasteiger partial charge in [0.1, 0.15) is 0 Å². The smallest absolute Gasteiger partial charge is 0.191 e. The standard InChI is InChI=1S/C15H31N3OS2/c1-6-21(19)13-9-7-8-12(10-13)18-14(16-4)17-11-15(2,3)20-5/h12-13H,6-11H2,1-5H3,(H2,16,17,18). The first-order chi connectivity index (χ1) is 9.91. The van der Waals surface area contributed by atoms with E-state index in [1.165, 1.54) is 0 Å². The van der Waals surface area contributed by atoms with Crippen molar-refractivity contribution in [2.45, 2.75) is 62.5 Å². The molecule has 21 heavy (non-hydrogen) atoms. The Balaban J connectivity index is 2.48. The van der Waals surface area contributed by atoms with Crippen molar-refractivity contribution in [3.63, 3.8) is 0 Å². The summed E-state index contributed by atoms with van der Waals surface area (Å²) in [6.07, 6.45) is 6.52. The van der Waals surface area contributed by atoms with E-state index in [1.54, 1.807) is 0 Å². The number of aliphatic imine (C=N–C) groups is 1. The lowest BCUT2D eigenvalue weighted by Gasteiger charge is -2.31. The lowest BCUT2D eigenvalue weighted by atomic mass is 9.95. The molecule has 1 fully saturated rings. The average molecular weight is 334 g/mol. The number of rotatable bonds is 6. The molecule has 0 aromatic rings. The topological polar surface area (TPSA) is 53.5 Å². The predicted octanol–water partition coefficient (Wildman–Crippen LogP) is 2.37. The van der Waals surface area contributed by atoms with Gasteiger partial charge in [0.15, 0.2) is 5.96 Å². The lowest BCUT2D eigenvalue weighted by Crippen LogP contribution is -2.49. The molecule has 0 aliphatic heterocycles. The first-order valence-electron chi connectivity index (χ1n) is 7.81. The Morgan fingerprint density at radius 1 is 1.43 bits per heavy atom. The van der Waals surface area contributed by atoms with Gasteiger partial charge in [-0.2, -0.15) is 11.8 Å². The normalized spacial score (nSPS) is 25.5. The fraction of sp³-hybridized carbons (Fsp3) is 0.933. The molecule has 1 aliphatic rings. The molecular formula is C15H31N3OS2. The second-order valence-corrected chi connectivity index (χ2v) is 9.71. The number of guanidine groups is 1. The molecule has 3 atom stereocenters. The second-order valence-electron chi connectivity index (χ2n) is 6.19. The minimum Gasteiger partial charge on any atom is -0.355 e. The average Bonchev–Trinajstić information content (AvgIpc) is 2.50. The predicted molar refractivity (Wildman–Crippen MR) is 96.8 cm³/mol. The van der Waals surface area contributed by atoms with Gasteiger partial charge in [-0.1, -0.05) is 13.3 Å². The van der Waals surface area contributed by atoms with Crippen LogP contribution in [0.15, 0.2) is 4.99 Å². The molecule has 1 saturated carbocycles. The second kappa shape index (κ2) is 9.03. The molecule has 0 radical (unpaired) electrons. The van der Waals surface area contributed by atoms with Gasteiger partial charge >= 0.3 is 0 Å². The molecule has 0 amide bonds. The third-order valence-electron chi connectivity index (χ3n) is 4.08. The van der Waals surface area contributed by atoms with Crippen LogP contribution in [0.5, 0.6) is 0 Å². The van der Waals surface area contributed by atoms with Crippen LogP contribution in [0.1, 0.15) is 46.5 Å². The van der Waals surface area contributed by atoms with Gasteiger partial charge in [0, 0.05) is 46.2 Å². The van der Waals surface area contributed by atoms with Crippen molar-refractivity contribution >= 4 is 28.5 Å². The number of hydrogen-bond donors (Lipinski definition) is 2. The van der Waals surface area contributed by atoms with E-state index in [-0.39, 0.29) is 4.75 Å². The third-order valence-corrected chi connectivity index (χ3v) is 7.07. The van der Waals surface area contributed by atoms with Crippen LogP contribution >= 0.6 is 11.8 Å². The van der Waals surface area contributed by atoms with Crippen LogP contribution in [0.2, 0.25) is 0 Å². The van der Waals surface area contributed by atoms with E-state index in [4.69, 9.17) is 0 Å². The molecule has 0 aromatic heterocycles. The Hall–Kier alpha value is -0.230. The molecule has 0 saturated heterocycles. The van der Waals surface area contributed by atoms with E-state index >= 15 is 0 Å². The maximum absolute atomic E-state index is 12.0. The fourth-order valence-electron chi connectivity index (χ4n) is 2.51. The first-order valence-corrected chi connectivity index (χ1v) is 10.4. The van der Waals surface area contributed by atoms with Crippen LogP contribution in [-0.2, 0) is 10.8 Å². The van der Waals surface area contributed by atoms with E-state index in [2.05, 4.69) is 35.7 Å². The van der Waals surface area contributed by atoms with Crippen LogP contribution in [-0.4, -0.2) is 51.8 Å². The molecule has 0 aromatic carbocycles. The Morgan fingerprint density at radius 3 is 2.71 bits per heavy atom. The number of thioether (sulfide) groups is 1. The van der Waals surface area contributed by atoms with Crippen LogP contribution in [0.25, 0.3) is 0 Å². The molecule has 3 unspecified atom stereocenters. The van der Waals surface area contributed by atoms with Gasteiger partial charge in [0.05, 0.1) is 0 Å². The van der Waals surface area contributed by atoms with Crippen LogP contribution in [0.4, 0.5) is 0 Å². The van der Waals surface area contributed by atoms with E-state index < -0.39 is 10.8 Å². The molecular weight excluding hydrogens is 302 g/mol. The zero-order chi connectivity index (χ0) is 15.9. The summed E-state index contributed by atoms with van der Waals surface area (Å²) in [6, 6.07) is 0.392. The molecule has 0 bridgehead atoms. The zero-order valence-electron chi connectivity index (χ0n) is 14.1. The highest BCUT2D eigenvalue weighted by Crippen LogP contribution is 2.23. The monoisotopic (exact) mass is 333 g/mol. The number of nitrogens with zero attached hydrogens (tertiary/aromatic N) is 1. The summed E-state index contributed by atoms with van der Waals surface area (Å²) < 4.78 is 12.2. The van der Waals surface area contributed by atoms with Crippen molar-refractivity contribution in [3.8, 4) is 0 Å². The molecule has 1 aliphatic carbocycles. The highest BCUT2D eigenvalue weighted by molar-refractivity contribution is 7.99. The van der Waals surface area contributed by atoms with Crippen LogP contribution in [0, 0.1) is 0 Å². The Morgan fingerprint density at radius 2 is 2.14 bits per heavy atom. The van der Waals surface area contributed by atoms with E-state index in [1.807, 2.05) is 25.7 Å². The van der Waals surface area contributed by atoms with Crippen molar-refractivity contribution in [1.29, 1.82) is 0 Å². The molecule has 4 nitrogen and oxygen atoms in total. The van der Waals surface area contributed by atoms with Gasteiger partial charge in [-0.25, -0.2) is 0 Å². The minimum absolute atomic E-state index is 0.191. The molecule has 0 heterocycles. The maximum atomic E-state index is 12.0. The summed E-state index contributed by atoms with van der Waals surface area (Å²) in [6.45, 7) is 7.33. The highest BCUT2D eigenvalue weighted by Gasteiger charge is 2.26. The highest BCUT2D eigenvalue weighted by atomic mass is 32.2. The summed E-state index contributed by atoms with van der Waals surface area (Å²) in [5.74, 6) is 1.64. The van der Waals surface area contributed by atoms with E-state index in [9.17, 15) is 4.21 Å². The van der Waals surface area contributed by atoms with Crippen molar-refractivity contribution < 1.29 is 4.21 Å². The van der Waals surface area contributed by atoms with Crippen LogP contribution < -0.4 is 10.6 Å². The summed E-state index contributed by atoms with van der Waals surface area (Å²) in [5.41, 5.74) is 0. The zero-order valence-corrected chi connectivity index (χ0v) is 15.7. The molecule has 1 rings (SSSR count). The maximum Gasteiger partial charge on any atom is 0.191 e. The summed E-state index contributed by atoms with van der Waals surface area (Å²) in [4.78, 5) is 4.32. The lowest BCUT2D eigenvalue weighted by molar-refractivity contribution is 0.413. The molecule has 2 N–H and O–H groups in total. The largest absolute Gasteiger partial charge is 0.355 e. The molecule has 124 valence electrons. The molecule has 0 spiro atoms. The molecule has 6 heteroatoms. The van der Waals surface area contributed by atoms with Crippen molar-refractivity contribution in [2.24, 2.45) is 4.99 Å². The minimum atomic E-state index is -0.674. The summed E-state index contributed by atoms with van der Waals surface area (Å²) in [7, 11) is 1.14.